The van der Waals surface area contributed by atoms with E-state index in [2.05, 4.69) is 28.2 Å². The van der Waals surface area contributed by atoms with Crippen molar-refractivity contribution in [2.75, 3.05) is 20.6 Å². The minimum Gasteiger partial charge on any atom is -0.352 e. The van der Waals surface area contributed by atoms with E-state index in [1.165, 1.54) is 6.42 Å². The van der Waals surface area contributed by atoms with Crippen LogP contribution in [0.15, 0.2) is 29.3 Å². The lowest BCUT2D eigenvalue weighted by atomic mass is 10.1. The molecule has 0 atom stereocenters. The average molecular weight is 386 g/mol. The molecular formula is C15H23IN4. The average Bonchev–Trinajstić information content (AvgIpc) is 2.45. The van der Waals surface area contributed by atoms with E-state index >= 15 is 0 Å². The third-order valence-corrected chi connectivity index (χ3v) is 2.93. The molecule has 0 radical (unpaired) electrons. The van der Waals surface area contributed by atoms with Gasteiger partial charge in [-0.15, -0.1) is 24.0 Å². The van der Waals surface area contributed by atoms with Gasteiger partial charge in [0.15, 0.2) is 5.96 Å². The van der Waals surface area contributed by atoms with Crippen LogP contribution in [-0.4, -0.2) is 31.5 Å². The first-order valence-corrected chi connectivity index (χ1v) is 6.62. The van der Waals surface area contributed by atoms with Gasteiger partial charge in [0.05, 0.1) is 11.6 Å². The number of guanidine groups is 1. The summed E-state index contributed by atoms with van der Waals surface area (Å²) in [6, 6.07) is 9.77. The summed E-state index contributed by atoms with van der Waals surface area (Å²) in [5, 5.41) is 12.2. The molecule has 1 aromatic rings. The predicted molar refractivity (Wildman–Crippen MR) is 94.3 cm³/mol. The number of aliphatic imine (C=N–C) groups is 1. The Labute approximate surface area is 138 Å². The highest BCUT2D eigenvalue weighted by atomic mass is 127. The van der Waals surface area contributed by atoms with Crippen LogP contribution in [0.4, 0.5) is 0 Å². The van der Waals surface area contributed by atoms with Crippen molar-refractivity contribution >= 4 is 29.9 Å². The first-order valence-electron chi connectivity index (χ1n) is 6.62. The van der Waals surface area contributed by atoms with Gasteiger partial charge in [0.1, 0.15) is 0 Å². The quantitative estimate of drug-likeness (QED) is 0.481. The van der Waals surface area contributed by atoms with Crippen molar-refractivity contribution in [3.05, 3.63) is 35.4 Å². The lowest BCUT2D eigenvalue weighted by molar-refractivity contribution is 0.464. The van der Waals surface area contributed by atoms with Crippen LogP contribution in [0.3, 0.4) is 0 Å². The van der Waals surface area contributed by atoms with Crippen LogP contribution in [0, 0.1) is 11.3 Å². The lowest BCUT2D eigenvalue weighted by Gasteiger charge is -2.21. The Kier molecular flexibility index (Phi) is 9.82. The minimum absolute atomic E-state index is 0. The van der Waals surface area contributed by atoms with E-state index in [0.717, 1.165) is 24.5 Å². The first-order chi connectivity index (χ1) is 9.21. The fraction of sp³-hybridized carbons (Fsp3) is 0.467. The molecule has 0 amide bonds. The smallest absolute Gasteiger partial charge is 0.193 e. The number of hydrogen-bond donors (Lipinski definition) is 1. The Balaban J connectivity index is 0.00000361. The zero-order valence-corrected chi connectivity index (χ0v) is 14.7. The van der Waals surface area contributed by atoms with E-state index in [1.54, 1.807) is 7.05 Å². The second-order valence-corrected chi connectivity index (χ2v) is 4.49. The van der Waals surface area contributed by atoms with Crippen LogP contribution < -0.4 is 5.32 Å². The molecule has 1 N–H and O–H groups in total. The summed E-state index contributed by atoms with van der Waals surface area (Å²) < 4.78 is 0. The Morgan fingerprint density at radius 1 is 1.45 bits per heavy atom. The Hall–Kier alpha value is -1.29. The van der Waals surface area contributed by atoms with Gasteiger partial charge in [-0.3, -0.25) is 4.99 Å². The van der Waals surface area contributed by atoms with Crippen LogP contribution in [-0.2, 0) is 6.54 Å². The molecule has 0 bridgehead atoms. The van der Waals surface area contributed by atoms with Crippen LogP contribution in [0.5, 0.6) is 0 Å². The van der Waals surface area contributed by atoms with Crippen molar-refractivity contribution in [1.29, 1.82) is 5.26 Å². The molecule has 0 aromatic heterocycles. The molecule has 1 aromatic carbocycles. The maximum atomic E-state index is 8.87. The van der Waals surface area contributed by atoms with Gasteiger partial charge in [-0.1, -0.05) is 25.5 Å². The Morgan fingerprint density at radius 3 is 2.80 bits per heavy atom. The minimum atomic E-state index is 0. The van der Waals surface area contributed by atoms with Crippen molar-refractivity contribution in [3.8, 4) is 6.07 Å². The molecule has 0 spiro atoms. The molecule has 20 heavy (non-hydrogen) atoms. The standard InChI is InChI=1S/C15H22N4.HI/c1-4-5-9-19(3)15(17-2)18-12-14-8-6-7-13(10-14)11-16;/h6-8,10H,4-5,9,12H2,1-3H3,(H,17,18);1H. The number of halogens is 1. The number of rotatable bonds is 5. The first kappa shape index (κ1) is 18.7. The maximum absolute atomic E-state index is 8.87. The summed E-state index contributed by atoms with van der Waals surface area (Å²) in [6.45, 7) is 3.85. The molecule has 4 nitrogen and oxygen atoms in total. The molecule has 0 aliphatic rings. The summed E-state index contributed by atoms with van der Waals surface area (Å²) in [7, 11) is 3.83. The van der Waals surface area contributed by atoms with Gasteiger partial charge in [-0.2, -0.15) is 5.26 Å². The normalized spacial score (nSPS) is 10.4. The SMILES string of the molecule is CCCCN(C)C(=NC)NCc1cccc(C#N)c1.I. The predicted octanol–water partition coefficient (Wildman–Crippen LogP) is 2.98. The van der Waals surface area contributed by atoms with E-state index in [1.807, 2.05) is 31.3 Å². The van der Waals surface area contributed by atoms with Crippen LogP contribution in [0.2, 0.25) is 0 Å². The summed E-state index contributed by atoms with van der Waals surface area (Å²) in [5.41, 5.74) is 1.78. The third-order valence-electron chi connectivity index (χ3n) is 2.93. The van der Waals surface area contributed by atoms with Gasteiger partial charge in [0.25, 0.3) is 0 Å². The summed E-state index contributed by atoms with van der Waals surface area (Å²) in [4.78, 5) is 6.39. The highest BCUT2D eigenvalue weighted by molar-refractivity contribution is 14.0. The molecular weight excluding hydrogens is 363 g/mol. The molecule has 0 saturated heterocycles. The fourth-order valence-electron chi connectivity index (χ4n) is 1.82. The Bertz CT molecular complexity index is 465. The van der Waals surface area contributed by atoms with E-state index in [4.69, 9.17) is 5.26 Å². The fourth-order valence-corrected chi connectivity index (χ4v) is 1.82. The zero-order valence-electron chi connectivity index (χ0n) is 12.4. The van der Waals surface area contributed by atoms with E-state index in [-0.39, 0.29) is 24.0 Å². The van der Waals surface area contributed by atoms with E-state index in [9.17, 15) is 0 Å². The number of nitriles is 1. The molecule has 110 valence electrons. The highest BCUT2D eigenvalue weighted by Crippen LogP contribution is 2.04. The molecule has 0 saturated carbocycles. The molecule has 0 unspecified atom stereocenters. The number of nitrogens with one attached hydrogen (secondary N) is 1. The number of benzene rings is 1. The highest BCUT2D eigenvalue weighted by Gasteiger charge is 2.04. The second-order valence-electron chi connectivity index (χ2n) is 4.49. The van der Waals surface area contributed by atoms with Crippen molar-refractivity contribution in [1.82, 2.24) is 10.2 Å². The Morgan fingerprint density at radius 2 is 2.20 bits per heavy atom. The monoisotopic (exact) mass is 386 g/mol. The second kappa shape index (κ2) is 10.5. The van der Waals surface area contributed by atoms with Gasteiger partial charge >= 0.3 is 0 Å². The van der Waals surface area contributed by atoms with Crippen LogP contribution in [0.25, 0.3) is 0 Å². The topological polar surface area (TPSA) is 51.4 Å². The molecule has 0 aliphatic carbocycles. The zero-order chi connectivity index (χ0) is 14.1. The van der Waals surface area contributed by atoms with Gasteiger partial charge in [0.2, 0.25) is 0 Å². The van der Waals surface area contributed by atoms with Crippen LogP contribution in [0.1, 0.15) is 30.9 Å². The van der Waals surface area contributed by atoms with E-state index < -0.39 is 0 Å². The van der Waals surface area contributed by atoms with Gasteiger partial charge in [-0.05, 0) is 24.1 Å². The lowest BCUT2D eigenvalue weighted by Crippen LogP contribution is -2.38. The van der Waals surface area contributed by atoms with Gasteiger partial charge < -0.3 is 10.2 Å². The molecule has 1 rings (SSSR count). The maximum Gasteiger partial charge on any atom is 0.193 e. The molecule has 0 aliphatic heterocycles. The molecule has 5 heteroatoms. The van der Waals surface area contributed by atoms with Gasteiger partial charge in [-0.25, -0.2) is 0 Å². The van der Waals surface area contributed by atoms with Crippen molar-refractivity contribution in [2.24, 2.45) is 4.99 Å². The molecule has 0 heterocycles. The summed E-state index contributed by atoms with van der Waals surface area (Å²) in [6.07, 6.45) is 2.33. The van der Waals surface area contributed by atoms with Crippen molar-refractivity contribution in [3.63, 3.8) is 0 Å². The number of hydrogen-bond acceptors (Lipinski definition) is 2. The van der Waals surface area contributed by atoms with Crippen molar-refractivity contribution in [2.45, 2.75) is 26.3 Å². The van der Waals surface area contributed by atoms with Crippen molar-refractivity contribution < 1.29 is 0 Å². The third kappa shape index (κ3) is 6.24. The molecule has 0 fully saturated rings. The largest absolute Gasteiger partial charge is 0.352 e. The van der Waals surface area contributed by atoms with Gasteiger partial charge in [0, 0.05) is 27.2 Å². The summed E-state index contributed by atoms with van der Waals surface area (Å²) in [5.74, 6) is 0.885. The van der Waals surface area contributed by atoms with Crippen LogP contribution >= 0.6 is 24.0 Å². The summed E-state index contributed by atoms with van der Waals surface area (Å²) >= 11 is 0. The number of nitrogens with zero attached hydrogens (tertiary/aromatic N) is 3. The number of unbranched alkanes of at least 4 members (excludes halogenated alkanes) is 1. The van der Waals surface area contributed by atoms with E-state index in [0.29, 0.717) is 12.1 Å².